The lowest BCUT2D eigenvalue weighted by Gasteiger charge is -2.13. The molecule has 0 bridgehead atoms. The molecule has 0 spiro atoms. The van der Waals surface area contributed by atoms with Crippen LogP contribution in [0.5, 0.6) is 5.75 Å². The van der Waals surface area contributed by atoms with Gasteiger partial charge in [0.25, 0.3) is 0 Å². The molecule has 0 atom stereocenters. The van der Waals surface area contributed by atoms with Gasteiger partial charge in [-0.05, 0) is 43.7 Å². The highest BCUT2D eigenvalue weighted by molar-refractivity contribution is 7.19. The lowest BCUT2D eigenvalue weighted by atomic mass is 10.1. The number of carbonyl (C=O) groups excluding carboxylic acids is 1. The minimum atomic E-state index is -0.318. The van der Waals surface area contributed by atoms with Gasteiger partial charge in [-0.1, -0.05) is 35.6 Å². The Hall–Kier alpha value is -3.23. The fourth-order valence-electron chi connectivity index (χ4n) is 3.68. The van der Waals surface area contributed by atoms with E-state index in [-0.39, 0.29) is 18.4 Å². The molecule has 2 heterocycles. The van der Waals surface area contributed by atoms with Crippen LogP contribution < -0.4 is 15.0 Å². The van der Waals surface area contributed by atoms with Crippen LogP contribution in [0.1, 0.15) is 27.9 Å². The molecule has 0 saturated carbocycles. The molecule has 4 rings (SSSR count). The van der Waals surface area contributed by atoms with Crippen LogP contribution in [-0.2, 0) is 11.3 Å². The smallest absolute Gasteiger partial charge is 0.350 e. The highest BCUT2D eigenvalue weighted by Gasteiger charge is 2.23. The van der Waals surface area contributed by atoms with Crippen molar-refractivity contribution in [2.75, 3.05) is 38.0 Å². The molecule has 2 aromatic carbocycles. The predicted molar refractivity (Wildman–Crippen MR) is 141 cm³/mol. The standard InChI is InChI=1S/C25H28N4O3S.ClH/c1-6-32-24(30)22-16(2)29-23(26-15-17-8-7-9-20(14-17)31-5)21(27-25(29)33-22)18-10-12-19(13-11-18)28(3)4;/h7-14,26H,6,15H2,1-5H3;1H. The zero-order valence-corrected chi connectivity index (χ0v) is 21.5. The van der Waals surface area contributed by atoms with Gasteiger partial charge in [0.2, 0.25) is 0 Å². The van der Waals surface area contributed by atoms with Crippen molar-refractivity contribution >= 4 is 46.2 Å². The fraction of sp³-hybridized carbons (Fsp3) is 0.280. The number of anilines is 2. The number of hydrogen-bond acceptors (Lipinski definition) is 7. The summed E-state index contributed by atoms with van der Waals surface area (Å²) in [6.45, 7) is 4.65. The predicted octanol–water partition coefficient (Wildman–Crippen LogP) is 5.66. The lowest BCUT2D eigenvalue weighted by Crippen LogP contribution is -2.08. The van der Waals surface area contributed by atoms with Gasteiger partial charge >= 0.3 is 5.97 Å². The van der Waals surface area contributed by atoms with Gasteiger partial charge in [-0.2, -0.15) is 0 Å². The molecule has 2 aromatic heterocycles. The molecule has 0 fully saturated rings. The molecule has 0 amide bonds. The number of halogens is 1. The highest BCUT2D eigenvalue weighted by atomic mass is 35.5. The summed E-state index contributed by atoms with van der Waals surface area (Å²) in [4.78, 5) is 20.7. The maximum atomic E-state index is 12.5. The lowest BCUT2D eigenvalue weighted by molar-refractivity contribution is 0.0531. The Morgan fingerprint density at radius 2 is 1.91 bits per heavy atom. The molecule has 7 nitrogen and oxygen atoms in total. The Bertz CT molecular complexity index is 1280. The fourth-order valence-corrected chi connectivity index (χ4v) is 4.70. The van der Waals surface area contributed by atoms with Crippen LogP contribution in [0, 0.1) is 6.92 Å². The van der Waals surface area contributed by atoms with E-state index in [1.807, 2.05) is 56.6 Å². The van der Waals surface area contributed by atoms with Crippen molar-refractivity contribution in [3.8, 4) is 17.0 Å². The summed E-state index contributed by atoms with van der Waals surface area (Å²) in [7, 11) is 5.69. The number of aryl methyl sites for hydroxylation is 1. The maximum Gasteiger partial charge on any atom is 0.350 e. The maximum absolute atomic E-state index is 12.5. The van der Waals surface area contributed by atoms with Crippen molar-refractivity contribution in [2.45, 2.75) is 20.4 Å². The van der Waals surface area contributed by atoms with Gasteiger partial charge in [-0.15, -0.1) is 12.4 Å². The number of carbonyl (C=O) groups is 1. The minimum absolute atomic E-state index is 0. The molecular weight excluding hydrogens is 472 g/mol. The molecule has 0 aliphatic heterocycles. The van der Waals surface area contributed by atoms with Crippen LogP contribution in [0.4, 0.5) is 11.5 Å². The Morgan fingerprint density at radius 1 is 1.18 bits per heavy atom. The van der Waals surface area contributed by atoms with Gasteiger partial charge < -0.3 is 19.7 Å². The number of fused-ring (bicyclic) bond motifs is 1. The molecule has 0 unspecified atom stereocenters. The molecule has 34 heavy (non-hydrogen) atoms. The Morgan fingerprint density at radius 3 is 2.56 bits per heavy atom. The van der Waals surface area contributed by atoms with Gasteiger partial charge in [0.05, 0.1) is 13.7 Å². The zero-order valence-electron chi connectivity index (χ0n) is 19.9. The van der Waals surface area contributed by atoms with E-state index in [0.717, 1.165) is 44.7 Å². The molecule has 1 N–H and O–H groups in total. The third-order valence-corrected chi connectivity index (χ3v) is 6.54. The summed E-state index contributed by atoms with van der Waals surface area (Å²) in [5, 5.41) is 3.55. The van der Waals surface area contributed by atoms with E-state index in [2.05, 4.69) is 34.5 Å². The monoisotopic (exact) mass is 500 g/mol. The van der Waals surface area contributed by atoms with Crippen LogP contribution in [0.3, 0.4) is 0 Å². The van der Waals surface area contributed by atoms with E-state index < -0.39 is 0 Å². The number of nitrogens with zero attached hydrogens (tertiary/aromatic N) is 3. The average molecular weight is 501 g/mol. The minimum Gasteiger partial charge on any atom is -0.497 e. The van der Waals surface area contributed by atoms with Gasteiger partial charge in [0, 0.05) is 37.6 Å². The van der Waals surface area contributed by atoms with E-state index in [0.29, 0.717) is 18.0 Å². The summed E-state index contributed by atoms with van der Waals surface area (Å²) in [5.41, 5.74) is 4.85. The van der Waals surface area contributed by atoms with E-state index in [1.165, 1.54) is 11.3 Å². The largest absolute Gasteiger partial charge is 0.497 e. The van der Waals surface area contributed by atoms with Crippen molar-refractivity contribution in [1.29, 1.82) is 0 Å². The summed E-state index contributed by atoms with van der Waals surface area (Å²) in [5.74, 6) is 1.33. The molecule has 4 aromatic rings. The van der Waals surface area contributed by atoms with Gasteiger partial charge in [-0.25, -0.2) is 9.78 Å². The Labute approximate surface area is 209 Å². The molecule has 0 aliphatic rings. The second-order valence-electron chi connectivity index (χ2n) is 7.81. The molecule has 9 heteroatoms. The number of methoxy groups -OCH3 is 1. The first-order valence-electron chi connectivity index (χ1n) is 10.8. The van der Waals surface area contributed by atoms with E-state index in [9.17, 15) is 4.79 Å². The molecule has 0 radical (unpaired) electrons. The third kappa shape index (κ3) is 4.98. The molecular formula is C25H29ClN4O3S. The van der Waals surface area contributed by atoms with Crippen LogP contribution in [0.2, 0.25) is 0 Å². The van der Waals surface area contributed by atoms with Crippen LogP contribution in [0.15, 0.2) is 48.5 Å². The molecule has 0 saturated heterocycles. The number of imidazole rings is 1. The normalized spacial score (nSPS) is 10.6. The number of aromatic nitrogens is 2. The first-order valence-corrected chi connectivity index (χ1v) is 11.6. The second-order valence-corrected chi connectivity index (χ2v) is 8.79. The summed E-state index contributed by atoms with van der Waals surface area (Å²) in [6, 6.07) is 16.2. The number of benzene rings is 2. The van der Waals surface area contributed by atoms with E-state index >= 15 is 0 Å². The van der Waals surface area contributed by atoms with Crippen molar-refractivity contribution in [1.82, 2.24) is 9.38 Å². The van der Waals surface area contributed by atoms with Gasteiger partial charge in [0.15, 0.2) is 4.96 Å². The Balaban J connectivity index is 0.00000324. The second kappa shape index (κ2) is 10.8. The SMILES string of the molecule is CCOC(=O)c1sc2nc(-c3ccc(N(C)C)cc3)c(NCc3cccc(OC)c3)n2c1C.Cl. The van der Waals surface area contributed by atoms with Gasteiger partial charge in [0.1, 0.15) is 22.1 Å². The van der Waals surface area contributed by atoms with Gasteiger partial charge in [-0.3, -0.25) is 4.40 Å². The topological polar surface area (TPSA) is 68.1 Å². The first kappa shape index (κ1) is 25.4. The zero-order chi connectivity index (χ0) is 23.5. The number of thiazole rings is 1. The van der Waals surface area contributed by atoms with Crippen molar-refractivity contribution in [3.05, 3.63) is 64.7 Å². The number of ether oxygens (including phenoxy) is 2. The summed E-state index contributed by atoms with van der Waals surface area (Å²) >= 11 is 1.35. The van der Waals surface area contributed by atoms with Crippen molar-refractivity contribution < 1.29 is 14.3 Å². The summed E-state index contributed by atoms with van der Waals surface area (Å²) < 4.78 is 12.6. The highest BCUT2D eigenvalue weighted by Crippen LogP contribution is 2.35. The quantitative estimate of drug-likeness (QED) is 0.315. The molecule has 0 aliphatic carbocycles. The number of rotatable bonds is 8. The van der Waals surface area contributed by atoms with Crippen LogP contribution in [0.25, 0.3) is 16.2 Å². The van der Waals surface area contributed by atoms with E-state index in [1.54, 1.807) is 7.11 Å². The average Bonchev–Trinajstić information content (AvgIpc) is 3.34. The number of hydrogen-bond donors (Lipinski definition) is 1. The van der Waals surface area contributed by atoms with Crippen molar-refractivity contribution in [3.63, 3.8) is 0 Å². The number of nitrogens with one attached hydrogen (secondary N) is 1. The van der Waals surface area contributed by atoms with Crippen LogP contribution >= 0.6 is 23.7 Å². The van der Waals surface area contributed by atoms with Crippen LogP contribution in [-0.4, -0.2) is 43.2 Å². The molecule has 180 valence electrons. The van der Waals surface area contributed by atoms with E-state index in [4.69, 9.17) is 14.5 Å². The van der Waals surface area contributed by atoms with Crippen molar-refractivity contribution in [2.24, 2.45) is 0 Å². The Kier molecular flexibility index (Phi) is 8.06. The third-order valence-electron chi connectivity index (χ3n) is 5.42. The number of esters is 1. The summed E-state index contributed by atoms with van der Waals surface area (Å²) in [6.07, 6.45) is 0. The first-order chi connectivity index (χ1) is 15.9.